The lowest BCUT2D eigenvalue weighted by molar-refractivity contribution is 0.0185. The molecule has 1 aliphatic heterocycles. The van der Waals surface area contributed by atoms with Crippen LogP contribution in [-0.4, -0.2) is 49.8 Å². The monoisotopic (exact) mass is 318 g/mol. The molecule has 0 atom stereocenters. The topological polar surface area (TPSA) is 80.5 Å². The first-order valence-electron chi connectivity index (χ1n) is 7.85. The van der Waals surface area contributed by atoms with E-state index in [0.717, 1.165) is 18.4 Å². The van der Waals surface area contributed by atoms with Gasteiger partial charge in [0.25, 0.3) is 0 Å². The van der Waals surface area contributed by atoms with Gasteiger partial charge in [0.05, 0.1) is 11.6 Å². The van der Waals surface area contributed by atoms with Crippen molar-refractivity contribution in [1.82, 2.24) is 19.9 Å². The van der Waals surface area contributed by atoms with Crippen LogP contribution in [0.4, 0.5) is 4.79 Å². The van der Waals surface area contributed by atoms with Gasteiger partial charge in [0.1, 0.15) is 16.9 Å². The molecule has 1 aliphatic rings. The number of hydrogen-bond acceptors (Lipinski definition) is 5. The highest BCUT2D eigenvalue weighted by Gasteiger charge is 2.28. The molecule has 0 unspecified atom stereocenters. The van der Waals surface area contributed by atoms with Crippen molar-refractivity contribution in [2.24, 2.45) is 0 Å². The number of phenols is 1. The molecule has 0 bridgehead atoms. The number of piperidine rings is 1. The minimum absolute atomic E-state index is 0.185. The molecule has 0 radical (unpaired) electrons. The first-order chi connectivity index (χ1) is 10.8. The minimum atomic E-state index is -0.474. The van der Waals surface area contributed by atoms with Gasteiger partial charge in [-0.1, -0.05) is 5.21 Å². The van der Waals surface area contributed by atoms with Gasteiger partial charge in [-0.3, -0.25) is 0 Å². The number of hydrogen-bond donors (Lipinski definition) is 1. The summed E-state index contributed by atoms with van der Waals surface area (Å²) in [6, 6.07) is 5.26. The van der Waals surface area contributed by atoms with E-state index in [0.29, 0.717) is 18.6 Å². The molecule has 7 heteroatoms. The average Bonchev–Trinajstić information content (AvgIpc) is 2.88. The van der Waals surface area contributed by atoms with E-state index in [-0.39, 0.29) is 17.9 Å². The average molecular weight is 318 g/mol. The summed E-state index contributed by atoms with van der Waals surface area (Å²) in [5, 5.41) is 17.8. The Kier molecular flexibility index (Phi) is 3.87. The Morgan fingerprint density at radius 1 is 1.30 bits per heavy atom. The number of ether oxygens (including phenoxy) is 1. The van der Waals surface area contributed by atoms with Gasteiger partial charge >= 0.3 is 6.09 Å². The molecule has 2 heterocycles. The van der Waals surface area contributed by atoms with E-state index >= 15 is 0 Å². The highest BCUT2D eigenvalue weighted by molar-refractivity contribution is 5.76. The van der Waals surface area contributed by atoms with Crippen molar-refractivity contribution in [3.8, 4) is 5.75 Å². The molecule has 7 nitrogen and oxygen atoms in total. The van der Waals surface area contributed by atoms with Crippen LogP contribution in [0.15, 0.2) is 18.2 Å². The molecule has 1 aromatic heterocycles. The number of fused-ring (bicyclic) bond motifs is 1. The fraction of sp³-hybridized carbons (Fsp3) is 0.562. The Labute approximate surface area is 134 Å². The molecule has 1 saturated heterocycles. The minimum Gasteiger partial charge on any atom is -0.508 e. The summed E-state index contributed by atoms with van der Waals surface area (Å²) < 4.78 is 7.30. The zero-order valence-corrected chi connectivity index (χ0v) is 13.7. The van der Waals surface area contributed by atoms with E-state index in [1.807, 2.05) is 31.5 Å². The Morgan fingerprint density at radius 3 is 2.65 bits per heavy atom. The maximum absolute atomic E-state index is 12.1. The quantitative estimate of drug-likeness (QED) is 0.874. The zero-order chi connectivity index (χ0) is 16.6. The van der Waals surface area contributed by atoms with E-state index in [4.69, 9.17) is 4.74 Å². The van der Waals surface area contributed by atoms with Crippen LogP contribution in [0, 0.1) is 0 Å². The van der Waals surface area contributed by atoms with E-state index in [1.54, 1.807) is 17.0 Å². The number of likely N-dealkylation sites (tertiary alicyclic amines) is 1. The second-order valence-electron chi connectivity index (χ2n) is 6.91. The number of aromatic nitrogens is 3. The van der Waals surface area contributed by atoms with Crippen LogP contribution >= 0.6 is 0 Å². The van der Waals surface area contributed by atoms with Crippen molar-refractivity contribution in [2.75, 3.05) is 13.1 Å². The summed E-state index contributed by atoms with van der Waals surface area (Å²) in [6.45, 7) is 6.88. The highest BCUT2D eigenvalue weighted by Crippen LogP contribution is 2.27. The predicted molar refractivity (Wildman–Crippen MR) is 85.3 cm³/mol. The lowest BCUT2D eigenvalue weighted by Gasteiger charge is -2.33. The van der Waals surface area contributed by atoms with Crippen LogP contribution in [-0.2, 0) is 4.74 Å². The summed E-state index contributed by atoms with van der Waals surface area (Å²) >= 11 is 0. The van der Waals surface area contributed by atoms with Gasteiger partial charge in [-0.25, -0.2) is 9.48 Å². The molecule has 0 saturated carbocycles. The fourth-order valence-electron chi connectivity index (χ4n) is 2.82. The maximum Gasteiger partial charge on any atom is 0.410 e. The molecule has 124 valence electrons. The van der Waals surface area contributed by atoms with Crippen molar-refractivity contribution >= 4 is 17.1 Å². The number of benzene rings is 1. The van der Waals surface area contributed by atoms with Gasteiger partial charge in [0.2, 0.25) is 0 Å². The molecular weight excluding hydrogens is 296 g/mol. The van der Waals surface area contributed by atoms with Crippen LogP contribution < -0.4 is 0 Å². The van der Waals surface area contributed by atoms with Crippen LogP contribution in [0.25, 0.3) is 11.0 Å². The third-order valence-corrected chi connectivity index (χ3v) is 3.92. The normalized spacial score (nSPS) is 16.7. The predicted octanol–water partition coefficient (Wildman–Crippen LogP) is 2.71. The van der Waals surface area contributed by atoms with Crippen molar-refractivity contribution in [3.63, 3.8) is 0 Å². The maximum atomic E-state index is 12.1. The van der Waals surface area contributed by atoms with Gasteiger partial charge in [0, 0.05) is 19.2 Å². The Balaban J connectivity index is 1.67. The third kappa shape index (κ3) is 3.38. The molecule has 1 aromatic carbocycles. The Hall–Kier alpha value is -2.31. The number of nitrogens with zero attached hydrogens (tertiary/aromatic N) is 4. The third-order valence-electron chi connectivity index (χ3n) is 3.92. The van der Waals surface area contributed by atoms with E-state index in [1.165, 1.54) is 0 Å². The van der Waals surface area contributed by atoms with Crippen LogP contribution in [0.2, 0.25) is 0 Å². The molecule has 0 spiro atoms. The number of aromatic hydroxyl groups is 1. The Morgan fingerprint density at radius 2 is 2.00 bits per heavy atom. The Bertz CT molecular complexity index is 712. The number of amides is 1. The summed E-state index contributed by atoms with van der Waals surface area (Å²) in [4.78, 5) is 13.8. The van der Waals surface area contributed by atoms with Gasteiger partial charge in [0.15, 0.2) is 0 Å². The second-order valence-corrected chi connectivity index (χ2v) is 6.91. The number of carbonyl (C=O) groups is 1. The molecule has 3 rings (SSSR count). The van der Waals surface area contributed by atoms with Crippen LogP contribution in [0.1, 0.15) is 39.7 Å². The van der Waals surface area contributed by atoms with Crippen molar-refractivity contribution in [1.29, 1.82) is 0 Å². The first kappa shape index (κ1) is 15.6. The first-order valence-corrected chi connectivity index (χ1v) is 7.85. The molecule has 1 fully saturated rings. The molecule has 2 aromatic rings. The summed E-state index contributed by atoms with van der Waals surface area (Å²) in [6.07, 6.45) is 1.35. The van der Waals surface area contributed by atoms with Gasteiger partial charge < -0.3 is 14.7 Å². The van der Waals surface area contributed by atoms with Crippen molar-refractivity contribution in [2.45, 2.75) is 45.3 Å². The van der Waals surface area contributed by atoms with Crippen LogP contribution in [0.3, 0.4) is 0 Å². The summed E-state index contributed by atoms with van der Waals surface area (Å²) in [7, 11) is 0. The second kappa shape index (κ2) is 5.72. The van der Waals surface area contributed by atoms with Crippen molar-refractivity contribution < 1.29 is 14.6 Å². The number of phenolic OH excluding ortho intramolecular Hbond substituents is 1. The SMILES string of the molecule is CC(C)(C)OC(=O)N1CCC(n2nnc3cc(O)ccc32)CC1. The van der Waals surface area contributed by atoms with Gasteiger partial charge in [-0.15, -0.1) is 5.10 Å². The fourth-order valence-corrected chi connectivity index (χ4v) is 2.82. The zero-order valence-electron chi connectivity index (χ0n) is 13.7. The summed E-state index contributed by atoms with van der Waals surface area (Å²) in [5.74, 6) is 0.185. The van der Waals surface area contributed by atoms with Gasteiger partial charge in [-0.05, 0) is 45.7 Å². The lowest BCUT2D eigenvalue weighted by Crippen LogP contribution is -2.42. The van der Waals surface area contributed by atoms with Crippen molar-refractivity contribution in [3.05, 3.63) is 18.2 Å². The van der Waals surface area contributed by atoms with Gasteiger partial charge in [-0.2, -0.15) is 0 Å². The molecular formula is C16H22N4O3. The largest absolute Gasteiger partial charge is 0.508 e. The molecule has 0 aliphatic carbocycles. The number of rotatable bonds is 1. The molecule has 1 amide bonds. The summed E-state index contributed by atoms with van der Waals surface area (Å²) in [5.41, 5.74) is 1.11. The van der Waals surface area contributed by atoms with E-state index in [9.17, 15) is 9.90 Å². The number of carbonyl (C=O) groups excluding carboxylic acids is 1. The molecule has 23 heavy (non-hydrogen) atoms. The van der Waals surface area contributed by atoms with Crippen LogP contribution in [0.5, 0.6) is 5.75 Å². The van der Waals surface area contributed by atoms with E-state index in [2.05, 4.69) is 10.3 Å². The smallest absolute Gasteiger partial charge is 0.410 e. The molecule has 1 N–H and O–H groups in total. The van der Waals surface area contributed by atoms with E-state index < -0.39 is 5.60 Å². The standard InChI is InChI=1S/C16H22N4O3/c1-16(2,3)23-15(22)19-8-6-11(7-9-19)20-14-5-4-12(21)10-13(14)17-18-20/h4-5,10-11,21H,6-9H2,1-3H3. The lowest BCUT2D eigenvalue weighted by atomic mass is 10.1. The highest BCUT2D eigenvalue weighted by atomic mass is 16.6.